The van der Waals surface area contributed by atoms with Gasteiger partial charge in [0, 0.05) is 5.56 Å². The molecule has 0 bridgehead atoms. The molecule has 2 aliphatic rings. The lowest BCUT2D eigenvalue weighted by Crippen LogP contribution is -2.30. The molecule has 1 aliphatic carbocycles. The number of fused-ring (bicyclic) bond motifs is 1. The number of ether oxygens (including phenoxy) is 1. The van der Waals surface area contributed by atoms with Gasteiger partial charge in [-0.2, -0.15) is 0 Å². The Labute approximate surface area is 115 Å². The van der Waals surface area contributed by atoms with Crippen molar-refractivity contribution in [2.45, 2.75) is 32.7 Å². The van der Waals surface area contributed by atoms with Gasteiger partial charge in [-0.25, -0.2) is 0 Å². The van der Waals surface area contributed by atoms with E-state index in [0.29, 0.717) is 6.04 Å². The Morgan fingerprint density at radius 1 is 1.32 bits per heavy atom. The largest absolute Gasteiger partial charge is 0.491 e. The van der Waals surface area contributed by atoms with Gasteiger partial charge in [0.15, 0.2) is 0 Å². The Morgan fingerprint density at radius 2 is 2.16 bits per heavy atom. The van der Waals surface area contributed by atoms with E-state index in [1.54, 1.807) is 5.57 Å². The molecule has 102 valence electrons. The zero-order valence-electron chi connectivity index (χ0n) is 11.9. The van der Waals surface area contributed by atoms with E-state index < -0.39 is 0 Å². The summed E-state index contributed by atoms with van der Waals surface area (Å²) in [7, 11) is 0. The summed E-state index contributed by atoms with van der Waals surface area (Å²) >= 11 is 0. The standard InChI is InChI=1S/C17H23NO/c1-12-7-13(2)9-14(8-12)10-18-16-11-19-17-6-4-3-5-15(16)17/h3-7,12,14,16,18H,8-11H2,1-2H3. The van der Waals surface area contributed by atoms with Crippen LogP contribution in [0.2, 0.25) is 0 Å². The molecule has 0 saturated heterocycles. The topological polar surface area (TPSA) is 21.3 Å². The van der Waals surface area contributed by atoms with E-state index in [-0.39, 0.29) is 0 Å². The van der Waals surface area contributed by atoms with Crippen LogP contribution in [0.25, 0.3) is 0 Å². The van der Waals surface area contributed by atoms with Crippen LogP contribution in [-0.2, 0) is 0 Å². The van der Waals surface area contributed by atoms with Crippen LogP contribution in [0.4, 0.5) is 0 Å². The van der Waals surface area contributed by atoms with Crippen LogP contribution in [0, 0.1) is 11.8 Å². The molecule has 0 saturated carbocycles. The minimum absolute atomic E-state index is 0.373. The molecule has 1 aromatic carbocycles. The van der Waals surface area contributed by atoms with Crippen molar-refractivity contribution in [1.29, 1.82) is 0 Å². The average Bonchev–Trinajstić information content (AvgIpc) is 2.78. The van der Waals surface area contributed by atoms with Crippen molar-refractivity contribution in [3.63, 3.8) is 0 Å². The molecule has 2 nitrogen and oxygen atoms in total. The normalized spacial score (nSPS) is 29.6. The SMILES string of the molecule is CC1=CC(C)CC(CNC2COc3ccccc32)C1. The van der Waals surface area contributed by atoms with Crippen molar-refractivity contribution in [2.24, 2.45) is 11.8 Å². The van der Waals surface area contributed by atoms with Gasteiger partial charge in [0.05, 0.1) is 6.04 Å². The second-order valence-corrected chi connectivity index (χ2v) is 6.11. The van der Waals surface area contributed by atoms with Crippen molar-refractivity contribution >= 4 is 0 Å². The summed E-state index contributed by atoms with van der Waals surface area (Å²) in [5.74, 6) is 2.55. The molecule has 2 heteroatoms. The molecular weight excluding hydrogens is 234 g/mol. The molecule has 0 spiro atoms. The van der Waals surface area contributed by atoms with Crippen LogP contribution >= 0.6 is 0 Å². The molecule has 0 fully saturated rings. The Kier molecular flexibility index (Phi) is 3.61. The van der Waals surface area contributed by atoms with E-state index in [1.165, 1.54) is 18.4 Å². The summed E-state index contributed by atoms with van der Waals surface area (Å²) in [5, 5.41) is 3.70. The van der Waals surface area contributed by atoms with Gasteiger partial charge in [0.25, 0.3) is 0 Å². The van der Waals surface area contributed by atoms with Gasteiger partial charge in [-0.05, 0) is 44.2 Å². The first kappa shape index (κ1) is 12.7. The zero-order chi connectivity index (χ0) is 13.2. The number of para-hydroxylation sites is 1. The van der Waals surface area contributed by atoms with Crippen molar-refractivity contribution < 1.29 is 4.74 Å². The van der Waals surface area contributed by atoms with Crippen LogP contribution in [-0.4, -0.2) is 13.2 Å². The lowest BCUT2D eigenvalue weighted by atomic mass is 9.83. The lowest BCUT2D eigenvalue weighted by Gasteiger charge is -2.26. The third-order valence-corrected chi connectivity index (χ3v) is 4.24. The number of rotatable bonds is 3. The molecule has 3 unspecified atom stereocenters. The maximum absolute atomic E-state index is 5.72. The highest BCUT2D eigenvalue weighted by atomic mass is 16.5. The molecule has 19 heavy (non-hydrogen) atoms. The van der Waals surface area contributed by atoms with E-state index in [4.69, 9.17) is 4.74 Å². The Morgan fingerprint density at radius 3 is 3.00 bits per heavy atom. The summed E-state index contributed by atoms with van der Waals surface area (Å²) in [5.41, 5.74) is 2.87. The summed E-state index contributed by atoms with van der Waals surface area (Å²) < 4.78 is 5.72. The number of hydrogen-bond acceptors (Lipinski definition) is 2. The molecule has 1 heterocycles. The zero-order valence-corrected chi connectivity index (χ0v) is 11.9. The van der Waals surface area contributed by atoms with Crippen molar-refractivity contribution in [3.05, 3.63) is 41.5 Å². The number of hydrogen-bond donors (Lipinski definition) is 1. The molecule has 1 aromatic rings. The molecule has 0 amide bonds. The van der Waals surface area contributed by atoms with Gasteiger partial charge in [-0.3, -0.25) is 0 Å². The first-order valence-corrected chi connectivity index (χ1v) is 7.35. The van der Waals surface area contributed by atoms with Crippen LogP contribution in [0.15, 0.2) is 35.9 Å². The highest BCUT2D eigenvalue weighted by molar-refractivity contribution is 5.39. The van der Waals surface area contributed by atoms with E-state index in [2.05, 4.69) is 43.4 Å². The fourth-order valence-corrected chi connectivity index (χ4v) is 3.48. The summed E-state index contributed by atoms with van der Waals surface area (Å²) in [4.78, 5) is 0. The first-order chi connectivity index (χ1) is 9.22. The molecule has 3 rings (SSSR count). The molecule has 3 atom stereocenters. The molecule has 0 aromatic heterocycles. The van der Waals surface area contributed by atoms with Gasteiger partial charge in [0.2, 0.25) is 0 Å². The van der Waals surface area contributed by atoms with E-state index in [1.807, 2.05) is 6.07 Å². The molecule has 1 N–H and O–H groups in total. The monoisotopic (exact) mass is 257 g/mol. The predicted octanol–water partition coefficient (Wildman–Crippen LogP) is 3.70. The van der Waals surface area contributed by atoms with Gasteiger partial charge in [-0.1, -0.05) is 36.8 Å². The minimum Gasteiger partial charge on any atom is -0.491 e. The van der Waals surface area contributed by atoms with Crippen molar-refractivity contribution in [2.75, 3.05) is 13.2 Å². The van der Waals surface area contributed by atoms with Gasteiger partial charge >= 0.3 is 0 Å². The summed E-state index contributed by atoms with van der Waals surface area (Å²) in [6.45, 7) is 6.45. The quantitative estimate of drug-likeness (QED) is 0.834. The van der Waals surface area contributed by atoms with E-state index >= 15 is 0 Å². The van der Waals surface area contributed by atoms with Gasteiger partial charge < -0.3 is 10.1 Å². The van der Waals surface area contributed by atoms with Crippen LogP contribution < -0.4 is 10.1 Å². The van der Waals surface area contributed by atoms with Crippen molar-refractivity contribution in [1.82, 2.24) is 5.32 Å². The summed E-state index contributed by atoms with van der Waals surface area (Å²) in [6, 6.07) is 8.75. The highest BCUT2D eigenvalue weighted by Crippen LogP contribution is 2.33. The molecule has 1 aliphatic heterocycles. The van der Waals surface area contributed by atoms with Crippen LogP contribution in [0.3, 0.4) is 0 Å². The third-order valence-electron chi connectivity index (χ3n) is 4.24. The van der Waals surface area contributed by atoms with Crippen LogP contribution in [0.1, 0.15) is 38.3 Å². The van der Waals surface area contributed by atoms with E-state index in [0.717, 1.165) is 30.7 Å². The fraction of sp³-hybridized carbons (Fsp3) is 0.529. The second-order valence-electron chi connectivity index (χ2n) is 6.11. The summed E-state index contributed by atoms with van der Waals surface area (Å²) in [6.07, 6.45) is 4.97. The Hall–Kier alpha value is -1.28. The third kappa shape index (κ3) is 2.84. The van der Waals surface area contributed by atoms with Crippen molar-refractivity contribution in [3.8, 4) is 5.75 Å². The number of nitrogens with one attached hydrogen (secondary N) is 1. The van der Waals surface area contributed by atoms with Gasteiger partial charge in [-0.15, -0.1) is 0 Å². The Balaban J connectivity index is 1.58. The average molecular weight is 257 g/mol. The highest BCUT2D eigenvalue weighted by Gasteiger charge is 2.25. The second kappa shape index (κ2) is 5.38. The lowest BCUT2D eigenvalue weighted by molar-refractivity contribution is 0.293. The van der Waals surface area contributed by atoms with Gasteiger partial charge in [0.1, 0.15) is 12.4 Å². The van der Waals surface area contributed by atoms with E-state index in [9.17, 15) is 0 Å². The molecular formula is C17H23NO. The maximum atomic E-state index is 5.72. The molecule has 0 radical (unpaired) electrons. The number of benzene rings is 1. The fourth-order valence-electron chi connectivity index (χ4n) is 3.48. The minimum atomic E-state index is 0.373. The smallest absolute Gasteiger partial charge is 0.124 e. The predicted molar refractivity (Wildman–Crippen MR) is 78.3 cm³/mol. The van der Waals surface area contributed by atoms with Crippen LogP contribution in [0.5, 0.6) is 5.75 Å². The Bertz CT molecular complexity index is 480. The maximum Gasteiger partial charge on any atom is 0.124 e. The number of allylic oxidation sites excluding steroid dienone is 2. The first-order valence-electron chi connectivity index (χ1n) is 7.35.